The zero-order valence-electron chi connectivity index (χ0n) is 14.1. The molecule has 3 aromatic rings. The van der Waals surface area contributed by atoms with Crippen molar-refractivity contribution in [2.24, 2.45) is 0 Å². The number of hydrogen-bond acceptors (Lipinski definition) is 6. The summed E-state index contributed by atoms with van der Waals surface area (Å²) in [7, 11) is 3.07. The van der Waals surface area contributed by atoms with Crippen LogP contribution in [0.15, 0.2) is 42.5 Å². The molecule has 7 heteroatoms. The van der Waals surface area contributed by atoms with Gasteiger partial charge < -0.3 is 9.47 Å². The van der Waals surface area contributed by atoms with E-state index >= 15 is 0 Å². The Morgan fingerprint density at radius 2 is 1.64 bits per heavy atom. The van der Waals surface area contributed by atoms with Crippen molar-refractivity contribution < 1.29 is 14.3 Å². The second-order valence-electron chi connectivity index (χ2n) is 5.33. The summed E-state index contributed by atoms with van der Waals surface area (Å²) >= 11 is 1.32. The molecular weight excluding hydrogens is 338 g/mol. The predicted octanol–water partition coefficient (Wildman–Crippen LogP) is 3.78. The minimum Gasteiger partial charge on any atom is -0.497 e. The fraction of sp³-hybridized carbons (Fsp3) is 0.167. The molecule has 128 valence electrons. The molecule has 1 amide bonds. The van der Waals surface area contributed by atoms with Crippen molar-refractivity contribution in [2.75, 3.05) is 19.5 Å². The number of aryl methyl sites for hydroxylation is 1. The molecular formula is C18H17N3O3S. The first-order valence-electron chi connectivity index (χ1n) is 7.54. The van der Waals surface area contributed by atoms with Crippen LogP contribution in [0.5, 0.6) is 11.5 Å². The van der Waals surface area contributed by atoms with E-state index in [0.29, 0.717) is 22.2 Å². The van der Waals surface area contributed by atoms with E-state index in [0.717, 1.165) is 10.6 Å². The standard InChI is InChI=1S/C18H17N3O3S/c1-11-4-6-12(7-5-11)17-20-21-18(25-17)19-16(22)13-8-14(23-2)10-15(9-13)24-3/h4-10H,1-3H3,(H,19,21,22). The summed E-state index contributed by atoms with van der Waals surface area (Å²) in [5.74, 6) is 0.785. The number of hydrogen-bond donors (Lipinski definition) is 1. The second kappa shape index (κ2) is 7.31. The quantitative estimate of drug-likeness (QED) is 0.754. The minimum atomic E-state index is -0.302. The van der Waals surface area contributed by atoms with Crippen molar-refractivity contribution in [3.8, 4) is 22.1 Å². The van der Waals surface area contributed by atoms with E-state index in [1.54, 1.807) is 18.2 Å². The maximum absolute atomic E-state index is 12.5. The molecule has 0 aliphatic heterocycles. The first-order chi connectivity index (χ1) is 12.1. The largest absolute Gasteiger partial charge is 0.497 e. The van der Waals surface area contributed by atoms with Crippen LogP contribution < -0.4 is 14.8 Å². The SMILES string of the molecule is COc1cc(OC)cc(C(=O)Nc2nnc(-c3ccc(C)cc3)s2)c1. The van der Waals surface area contributed by atoms with Gasteiger partial charge in [0.25, 0.3) is 5.91 Å². The van der Waals surface area contributed by atoms with Crippen LogP contribution in [-0.2, 0) is 0 Å². The Morgan fingerprint density at radius 3 is 2.24 bits per heavy atom. The fourth-order valence-corrected chi connectivity index (χ4v) is 2.94. The lowest BCUT2D eigenvalue weighted by atomic mass is 10.2. The van der Waals surface area contributed by atoms with Crippen LogP contribution in [0.1, 0.15) is 15.9 Å². The summed E-state index contributed by atoms with van der Waals surface area (Å²) in [6.45, 7) is 2.03. The molecule has 0 bridgehead atoms. The lowest BCUT2D eigenvalue weighted by molar-refractivity contribution is 0.102. The Labute approximate surface area is 149 Å². The molecule has 0 saturated heterocycles. The molecule has 0 spiro atoms. The average molecular weight is 355 g/mol. The number of ether oxygens (including phenoxy) is 2. The van der Waals surface area contributed by atoms with Gasteiger partial charge in [-0.05, 0) is 19.1 Å². The zero-order valence-corrected chi connectivity index (χ0v) is 14.9. The van der Waals surface area contributed by atoms with Crippen LogP contribution in [-0.4, -0.2) is 30.3 Å². The van der Waals surface area contributed by atoms with Gasteiger partial charge in [0.15, 0.2) is 0 Å². The number of nitrogens with one attached hydrogen (secondary N) is 1. The highest BCUT2D eigenvalue weighted by atomic mass is 32.1. The Kier molecular flexibility index (Phi) is 4.95. The molecule has 3 rings (SSSR count). The summed E-state index contributed by atoms with van der Waals surface area (Å²) in [5, 5.41) is 12.1. The van der Waals surface area contributed by atoms with Gasteiger partial charge in [-0.25, -0.2) is 0 Å². The van der Waals surface area contributed by atoms with E-state index in [9.17, 15) is 4.79 Å². The smallest absolute Gasteiger partial charge is 0.257 e. The van der Waals surface area contributed by atoms with E-state index < -0.39 is 0 Å². The van der Waals surface area contributed by atoms with Gasteiger partial charge in [-0.15, -0.1) is 10.2 Å². The van der Waals surface area contributed by atoms with Gasteiger partial charge in [-0.2, -0.15) is 0 Å². The summed E-state index contributed by atoms with van der Waals surface area (Å²) in [6, 6.07) is 13.0. The highest BCUT2D eigenvalue weighted by Gasteiger charge is 2.13. The number of amides is 1. The fourth-order valence-electron chi connectivity index (χ4n) is 2.19. The van der Waals surface area contributed by atoms with Crippen LogP contribution >= 0.6 is 11.3 Å². The van der Waals surface area contributed by atoms with E-state index in [-0.39, 0.29) is 5.91 Å². The van der Waals surface area contributed by atoms with Gasteiger partial charge in [0, 0.05) is 17.2 Å². The second-order valence-corrected chi connectivity index (χ2v) is 6.31. The van der Waals surface area contributed by atoms with Crippen LogP contribution in [0, 0.1) is 6.92 Å². The summed E-state index contributed by atoms with van der Waals surface area (Å²) in [6.07, 6.45) is 0. The maximum atomic E-state index is 12.5. The van der Waals surface area contributed by atoms with Crippen molar-refractivity contribution in [3.05, 3.63) is 53.6 Å². The molecule has 0 saturated carbocycles. The average Bonchev–Trinajstić information content (AvgIpc) is 3.10. The van der Waals surface area contributed by atoms with Crippen LogP contribution in [0.3, 0.4) is 0 Å². The van der Waals surface area contributed by atoms with Crippen molar-refractivity contribution >= 4 is 22.4 Å². The zero-order chi connectivity index (χ0) is 17.8. The first kappa shape index (κ1) is 16.9. The number of nitrogens with zero attached hydrogens (tertiary/aromatic N) is 2. The van der Waals surface area contributed by atoms with E-state index in [1.165, 1.54) is 31.1 Å². The maximum Gasteiger partial charge on any atom is 0.257 e. The van der Waals surface area contributed by atoms with E-state index in [1.807, 2.05) is 31.2 Å². The molecule has 0 unspecified atom stereocenters. The molecule has 2 aromatic carbocycles. The summed E-state index contributed by atoms with van der Waals surface area (Å²) in [4.78, 5) is 12.5. The summed E-state index contributed by atoms with van der Waals surface area (Å²) in [5.41, 5.74) is 2.56. The van der Waals surface area contributed by atoms with Crippen LogP contribution in [0.2, 0.25) is 0 Å². The van der Waals surface area contributed by atoms with Gasteiger partial charge in [-0.3, -0.25) is 10.1 Å². The molecule has 0 aliphatic carbocycles. The monoisotopic (exact) mass is 355 g/mol. The normalized spacial score (nSPS) is 10.4. The lowest BCUT2D eigenvalue weighted by Gasteiger charge is -2.07. The predicted molar refractivity (Wildman–Crippen MR) is 97.6 cm³/mol. The molecule has 0 aliphatic rings. The molecule has 25 heavy (non-hydrogen) atoms. The number of anilines is 1. The molecule has 1 heterocycles. The van der Waals surface area contributed by atoms with Crippen molar-refractivity contribution in [3.63, 3.8) is 0 Å². The number of carbonyl (C=O) groups is 1. The third kappa shape index (κ3) is 3.95. The van der Waals surface area contributed by atoms with Gasteiger partial charge in [0.05, 0.1) is 14.2 Å². The van der Waals surface area contributed by atoms with Crippen molar-refractivity contribution in [2.45, 2.75) is 6.92 Å². The Hall–Kier alpha value is -2.93. The first-order valence-corrected chi connectivity index (χ1v) is 8.35. The lowest BCUT2D eigenvalue weighted by Crippen LogP contribution is -2.12. The van der Waals surface area contributed by atoms with Gasteiger partial charge in [0.1, 0.15) is 16.5 Å². The Bertz CT molecular complexity index is 869. The molecule has 0 fully saturated rings. The van der Waals surface area contributed by atoms with E-state index in [2.05, 4.69) is 15.5 Å². The highest BCUT2D eigenvalue weighted by Crippen LogP contribution is 2.28. The summed E-state index contributed by atoms with van der Waals surface area (Å²) < 4.78 is 10.4. The van der Waals surface area contributed by atoms with Crippen molar-refractivity contribution in [1.29, 1.82) is 0 Å². The number of rotatable bonds is 5. The van der Waals surface area contributed by atoms with Gasteiger partial charge in [0.2, 0.25) is 5.13 Å². The number of methoxy groups -OCH3 is 2. The van der Waals surface area contributed by atoms with Crippen molar-refractivity contribution in [1.82, 2.24) is 10.2 Å². The van der Waals surface area contributed by atoms with E-state index in [4.69, 9.17) is 9.47 Å². The molecule has 1 aromatic heterocycles. The van der Waals surface area contributed by atoms with Gasteiger partial charge >= 0.3 is 0 Å². The topological polar surface area (TPSA) is 73.3 Å². The Morgan fingerprint density at radius 1 is 1.00 bits per heavy atom. The number of benzene rings is 2. The van der Waals surface area contributed by atoms with Crippen LogP contribution in [0.4, 0.5) is 5.13 Å². The number of carbonyl (C=O) groups excluding carboxylic acids is 1. The molecule has 1 N–H and O–H groups in total. The highest BCUT2D eigenvalue weighted by molar-refractivity contribution is 7.18. The third-order valence-corrected chi connectivity index (χ3v) is 4.45. The third-order valence-electron chi connectivity index (χ3n) is 3.56. The Balaban J connectivity index is 1.79. The molecule has 6 nitrogen and oxygen atoms in total. The number of aromatic nitrogens is 2. The molecule has 0 atom stereocenters. The van der Waals surface area contributed by atoms with Crippen LogP contribution in [0.25, 0.3) is 10.6 Å². The minimum absolute atomic E-state index is 0.302. The van der Waals surface area contributed by atoms with Gasteiger partial charge in [-0.1, -0.05) is 41.2 Å². The molecule has 0 radical (unpaired) electrons.